The van der Waals surface area contributed by atoms with Crippen molar-refractivity contribution in [1.82, 2.24) is 0 Å². The third-order valence-corrected chi connectivity index (χ3v) is 9.90. The fraction of sp³-hybridized carbons (Fsp3) is 0.780. The highest BCUT2D eigenvalue weighted by atomic mass is 16.5. The predicted octanol–water partition coefficient (Wildman–Crippen LogP) is 15.0. The third kappa shape index (κ3) is 42.5. The molecule has 0 atom stereocenters. The van der Waals surface area contributed by atoms with Gasteiger partial charge in [-0.25, -0.2) is 0 Å². The largest absolute Gasteiger partial charge is 0.466 e. The molecule has 0 aromatic carbocycles. The molecule has 0 fully saturated rings. The van der Waals surface area contributed by atoms with Crippen LogP contribution in [0.25, 0.3) is 0 Å². The van der Waals surface area contributed by atoms with Crippen LogP contribution in [0.2, 0.25) is 0 Å². The molecule has 0 aliphatic heterocycles. The number of esters is 3. The molecule has 0 bridgehead atoms. The molecule has 0 amide bonds. The standard InChI is InChI=1S/C50H88O6/c1-5-7-43-54-48(51)41-37-33-29-25-21-17-13-9-11-15-19-23-27-31-35-39-47(56-50(53)45-46(3)4)40-36-32-28-24-20-16-12-10-14-18-22-26-30-34-38-42-49(52)55-44-8-6-2/h9-10,13-14,21-22,25-26,46-47H,5-8,11-12,15-20,23-24,27-45H2,1-4H3/b13-9-,14-10-,25-21-,26-22-. The fourth-order valence-electron chi connectivity index (χ4n) is 6.39. The number of hydrogen-bond acceptors (Lipinski definition) is 6. The zero-order valence-corrected chi connectivity index (χ0v) is 37.1. The van der Waals surface area contributed by atoms with Gasteiger partial charge in [0.15, 0.2) is 0 Å². The monoisotopic (exact) mass is 785 g/mol. The summed E-state index contributed by atoms with van der Waals surface area (Å²) in [6.07, 6.45) is 50.9. The highest BCUT2D eigenvalue weighted by molar-refractivity contribution is 5.70. The van der Waals surface area contributed by atoms with Crippen molar-refractivity contribution in [3.8, 4) is 0 Å². The minimum atomic E-state index is -0.0534. The molecule has 0 unspecified atom stereocenters. The van der Waals surface area contributed by atoms with E-state index in [9.17, 15) is 14.4 Å². The molecule has 0 aromatic rings. The number of rotatable bonds is 41. The average Bonchev–Trinajstić information content (AvgIpc) is 3.16. The molecule has 0 aromatic heterocycles. The number of carbonyl (C=O) groups excluding carboxylic acids is 3. The first-order chi connectivity index (χ1) is 27.4. The van der Waals surface area contributed by atoms with Crippen LogP contribution in [-0.2, 0) is 28.6 Å². The van der Waals surface area contributed by atoms with Gasteiger partial charge < -0.3 is 14.2 Å². The van der Waals surface area contributed by atoms with E-state index in [1.165, 1.54) is 64.2 Å². The lowest BCUT2D eigenvalue weighted by molar-refractivity contribution is -0.151. The zero-order chi connectivity index (χ0) is 41.0. The zero-order valence-electron chi connectivity index (χ0n) is 37.1. The van der Waals surface area contributed by atoms with Gasteiger partial charge in [-0.1, -0.05) is 141 Å². The van der Waals surface area contributed by atoms with Crippen LogP contribution in [0.3, 0.4) is 0 Å². The molecular formula is C50H88O6. The summed E-state index contributed by atoms with van der Waals surface area (Å²) in [4.78, 5) is 35.7. The van der Waals surface area contributed by atoms with Crippen LogP contribution in [0.4, 0.5) is 0 Å². The first-order valence-corrected chi connectivity index (χ1v) is 23.5. The Morgan fingerprint density at radius 3 is 1.16 bits per heavy atom. The van der Waals surface area contributed by atoms with Crippen LogP contribution in [-0.4, -0.2) is 37.2 Å². The summed E-state index contributed by atoms with van der Waals surface area (Å²) < 4.78 is 16.4. The van der Waals surface area contributed by atoms with Crippen molar-refractivity contribution < 1.29 is 28.6 Å². The van der Waals surface area contributed by atoms with Crippen molar-refractivity contribution in [2.75, 3.05) is 13.2 Å². The maximum absolute atomic E-state index is 12.4. The summed E-state index contributed by atoms with van der Waals surface area (Å²) in [5.41, 5.74) is 0. The smallest absolute Gasteiger partial charge is 0.306 e. The summed E-state index contributed by atoms with van der Waals surface area (Å²) in [5.74, 6) is 0.209. The molecule has 6 heteroatoms. The summed E-state index contributed by atoms with van der Waals surface area (Å²) in [6.45, 7) is 9.49. The Hall–Kier alpha value is -2.63. The van der Waals surface area contributed by atoms with Gasteiger partial charge in [-0.3, -0.25) is 14.4 Å². The van der Waals surface area contributed by atoms with Gasteiger partial charge in [-0.2, -0.15) is 0 Å². The van der Waals surface area contributed by atoms with Gasteiger partial charge in [-0.05, 0) is 121 Å². The van der Waals surface area contributed by atoms with Crippen molar-refractivity contribution >= 4 is 17.9 Å². The number of ether oxygens (including phenoxy) is 3. The number of unbranched alkanes of at least 4 members (excludes halogenated alkanes) is 18. The van der Waals surface area contributed by atoms with Gasteiger partial charge in [0.25, 0.3) is 0 Å². The lowest BCUT2D eigenvalue weighted by Gasteiger charge is -2.19. The topological polar surface area (TPSA) is 78.9 Å². The molecule has 0 N–H and O–H groups in total. The average molecular weight is 785 g/mol. The Bertz CT molecular complexity index is 941. The molecule has 0 aliphatic rings. The van der Waals surface area contributed by atoms with Crippen LogP contribution in [0.1, 0.15) is 227 Å². The minimum Gasteiger partial charge on any atom is -0.466 e. The van der Waals surface area contributed by atoms with Crippen LogP contribution in [0, 0.1) is 5.92 Å². The quantitative estimate of drug-likeness (QED) is 0.0266. The number of hydrogen-bond donors (Lipinski definition) is 0. The second-order valence-electron chi connectivity index (χ2n) is 16.1. The van der Waals surface area contributed by atoms with Crippen LogP contribution in [0.5, 0.6) is 0 Å². The van der Waals surface area contributed by atoms with E-state index in [1.807, 2.05) is 0 Å². The second kappa shape index (κ2) is 43.5. The molecule has 0 rings (SSSR count). The van der Waals surface area contributed by atoms with E-state index in [-0.39, 0.29) is 24.0 Å². The van der Waals surface area contributed by atoms with E-state index in [4.69, 9.17) is 14.2 Å². The Morgan fingerprint density at radius 1 is 0.429 bits per heavy atom. The van der Waals surface area contributed by atoms with Crippen molar-refractivity contribution in [3.63, 3.8) is 0 Å². The molecule has 0 heterocycles. The Balaban J connectivity index is 3.87. The van der Waals surface area contributed by atoms with Crippen LogP contribution < -0.4 is 0 Å². The second-order valence-corrected chi connectivity index (χ2v) is 16.1. The Labute approximate surface area is 346 Å². The SMILES string of the molecule is CCCCOC(=O)CCCC/C=C\C/C=C\CCCCCCCCC(CCCCCCCC/C=C\C/C=C\CCCCC(=O)OCCCC)OC(=O)CC(C)C. The molecule has 0 saturated carbocycles. The lowest BCUT2D eigenvalue weighted by Crippen LogP contribution is -2.19. The first kappa shape index (κ1) is 53.4. The van der Waals surface area contributed by atoms with E-state index >= 15 is 0 Å². The number of carbonyl (C=O) groups is 3. The summed E-state index contributed by atoms with van der Waals surface area (Å²) in [5, 5.41) is 0. The van der Waals surface area contributed by atoms with Crippen LogP contribution >= 0.6 is 0 Å². The van der Waals surface area contributed by atoms with Gasteiger partial charge >= 0.3 is 17.9 Å². The lowest BCUT2D eigenvalue weighted by atomic mass is 10.0. The fourth-order valence-corrected chi connectivity index (χ4v) is 6.39. The summed E-state index contributed by atoms with van der Waals surface area (Å²) >= 11 is 0. The molecule has 0 saturated heterocycles. The molecule has 0 spiro atoms. The van der Waals surface area contributed by atoms with Crippen molar-refractivity contribution in [1.29, 1.82) is 0 Å². The van der Waals surface area contributed by atoms with Gasteiger partial charge in [0, 0.05) is 19.3 Å². The van der Waals surface area contributed by atoms with Gasteiger partial charge in [0.05, 0.1) is 13.2 Å². The van der Waals surface area contributed by atoms with E-state index in [0.29, 0.717) is 38.4 Å². The van der Waals surface area contributed by atoms with Gasteiger partial charge in [0.1, 0.15) is 6.10 Å². The van der Waals surface area contributed by atoms with Crippen molar-refractivity contribution in [2.45, 2.75) is 233 Å². The summed E-state index contributed by atoms with van der Waals surface area (Å²) in [7, 11) is 0. The van der Waals surface area contributed by atoms with E-state index in [2.05, 4.69) is 76.3 Å². The summed E-state index contributed by atoms with van der Waals surface area (Å²) in [6, 6.07) is 0. The highest BCUT2D eigenvalue weighted by Crippen LogP contribution is 2.19. The normalized spacial score (nSPS) is 12.0. The maximum Gasteiger partial charge on any atom is 0.306 e. The Morgan fingerprint density at radius 2 is 0.786 bits per heavy atom. The number of allylic oxidation sites excluding steroid dienone is 8. The molecule has 0 aliphatic carbocycles. The Kier molecular flexibility index (Phi) is 41.4. The molecule has 324 valence electrons. The minimum absolute atomic E-state index is 0.0226. The maximum atomic E-state index is 12.4. The van der Waals surface area contributed by atoms with Crippen LogP contribution in [0.15, 0.2) is 48.6 Å². The molecule has 6 nitrogen and oxygen atoms in total. The van der Waals surface area contributed by atoms with E-state index in [1.54, 1.807) is 0 Å². The third-order valence-electron chi connectivity index (χ3n) is 9.90. The molecule has 0 radical (unpaired) electrons. The van der Waals surface area contributed by atoms with Crippen molar-refractivity contribution in [3.05, 3.63) is 48.6 Å². The van der Waals surface area contributed by atoms with E-state index < -0.39 is 0 Å². The van der Waals surface area contributed by atoms with Gasteiger partial charge in [-0.15, -0.1) is 0 Å². The van der Waals surface area contributed by atoms with Gasteiger partial charge in [0.2, 0.25) is 0 Å². The van der Waals surface area contributed by atoms with Crippen molar-refractivity contribution in [2.24, 2.45) is 5.92 Å². The van der Waals surface area contributed by atoms with E-state index in [0.717, 1.165) is 116 Å². The molecule has 56 heavy (non-hydrogen) atoms. The predicted molar refractivity (Wildman–Crippen MR) is 238 cm³/mol. The molecular weight excluding hydrogens is 697 g/mol. The first-order valence-electron chi connectivity index (χ1n) is 23.5. The highest BCUT2D eigenvalue weighted by Gasteiger charge is 2.15.